The zero-order valence-electron chi connectivity index (χ0n) is 12.2. The molecule has 4 nitrogen and oxygen atoms in total. The Morgan fingerprint density at radius 1 is 1.27 bits per heavy atom. The van der Waals surface area contributed by atoms with Gasteiger partial charge in [-0.3, -0.25) is 10.2 Å². The van der Waals surface area contributed by atoms with E-state index in [1.54, 1.807) is 18.2 Å². The molecule has 0 radical (unpaired) electrons. The lowest BCUT2D eigenvalue weighted by atomic mass is 10.1. The number of carbonyl (C=O) groups is 1. The van der Waals surface area contributed by atoms with Gasteiger partial charge >= 0.3 is 0 Å². The van der Waals surface area contributed by atoms with Crippen molar-refractivity contribution in [1.82, 2.24) is 5.43 Å². The van der Waals surface area contributed by atoms with Gasteiger partial charge in [-0.15, -0.1) is 0 Å². The number of rotatable bonds is 5. The highest BCUT2D eigenvalue weighted by atomic mass is 35.5. The lowest BCUT2D eigenvalue weighted by molar-refractivity contribution is -0.116. The standard InChI is InChI=1S/C17H17ClN2O2/c1-12-2-4-14(5-3-12)11-22-16-8-6-13(10-15(16)18)7-9-17(21)20-19/h2-10H,11,19H2,1H3,(H,20,21)/b9-7+. The molecule has 2 aromatic carbocycles. The normalized spacial score (nSPS) is 10.7. The molecule has 0 saturated heterocycles. The summed E-state index contributed by atoms with van der Waals surface area (Å²) in [6, 6.07) is 13.4. The van der Waals surface area contributed by atoms with Gasteiger partial charge in [-0.2, -0.15) is 0 Å². The lowest BCUT2D eigenvalue weighted by Crippen LogP contribution is -2.27. The first-order chi connectivity index (χ1) is 10.6. The average Bonchev–Trinajstić information content (AvgIpc) is 2.53. The molecule has 0 aliphatic carbocycles. The van der Waals surface area contributed by atoms with Crippen molar-refractivity contribution in [3.8, 4) is 5.75 Å². The first kappa shape index (κ1) is 16.1. The first-order valence-corrected chi connectivity index (χ1v) is 7.13. The summed E-state index contributed by atoms with van der Waals surface area (Å²) in [7, 11) is 0. The van der Waals surface area contributed by atoms with Gasteiger partial charge in [0.15, 0.2) is 0 Å². The molecule has 5 heteroatoms. The van der Waals surface area contributed by atoms with Gasteiger partial charge in [0.05, 0.1) is 5.02 Å². The van der Waals surface area contributed by atoms with Crippen LogP contribution < -0.4 is 16.0 Å². The van der Waals surface area contributed by atoms with E-state index in [9.17, 15) is 4.79 Å². The lowest BCUT2D eigenvalue weighted by Gasteiger charge is -2.09. The van der Waals surface area contributed by atoms with E-state index >= 15 is 0 Å². The highest BCUT2D eigenvalue weighted by molar-refractivity contribution is 6.32. The van der Waals surface area contributed by atoms with Gasteiger partial charge in [0.2, 0.25) is 0 Å². The van der Waals surface area contributed by atoms with Crippen LogP contribution in [0.15, 0.2) is 48.5 Å². The topological polar surface area (TPSA) is 64.3 Å². The molecule has 0 saturated carbocycles. The molecule has 2 aromatic rings. The molecule has 0 spiro atoms. The number of aryl methyl sites for hydroxylation is 1. The molecule has 0 atom stereocenters. The SMILES string of the molecule is Cc1ccc(COc2ccc(/C=C/C(=O)NN)cc2Cl)cc1. The second kappa shape index (κ2) is 7.64. The molecule has 3 N–H and O–H groups in total. The summed E-state index contributed by atoms with van der Waals surface area (Å²) in [6.07, 6.45) is 2.95. The van der Waals surface area contributed by atoms with Crippen molar-refractivity contribution in [2.24, 2.45) is 5.84 Å². The van der Waals surface area contributed by atoms with Gasteiger partial charge in [-0.1, -0.05) is 47.5 Å². The zero-order valence-corrected chi connectivity index (χ0v) is 12.9. The Balaban J connectivity index is 2.02. The van der Waals surface area contributed by atoms with Crippen molar-refractivity contribution in [3.63, 3.8) is 0 Å². The summed E-state index contributed by atoms with van der Waals surface area (Å²) >= 11 is 6.19. The number of ether oxygens (including phenoxy) is 1. The van der Waals surface area contributed by atoms with Gasteiger partial charge < -0.3 is 4.74 Å². The maximum Gasteiger partial charge on any atom is 0.257 e. The van der Waals surface area contributed by atoms with Crippen LogP contribution in [0.1, 0.15) is 16.7 Å². The minimum atomic E-state index is -0.379. The molecule has 0 bridgehead atoms. The molecule has 0 unspecified atom stereocenters. The molecule has 0 aliphatic heterocycles. The van der Waals surface area contributed by atoms with E-state index in [0.717, 1.165) is 11.1 Å². The predicted octanol–water partition coefficient (Wildman–Crippen LogP) is 3.23. The fourth-order valence-electron chi connectivity index (χ4n) is 1.80. The van der Waals surface area contributed by atoms with Crippen molar-refractivity contribution in [1.29, 1.82) is 0 Å². The molecular formula is C17H17ClN2O2. The monoisotopic (exact) mass is 316 g/mol. The Hall–Kier alpha value is -2.30. The van der Waals surface area contributed by atoms with Gasteiger partial charge in [0.1, 0.15) is 12.4 Å². The van der Waals surface area contributed by atoms with Crippen LogP contribution in [0.3, 0.4) is 0 Å². The molecule has 114 valence electrons. The highest BCUT2D eigenvalue weighted by Gasteiger charge is 2.03. The van der Waals surface area contributed by atoms with Crippen LogP contribution in [0.2, 0.25) is 5.02 Å². The molecule has 22 heavy (non-hydrogen) atoms. The average molecular weight is 317 g/mol. The number of carbonyl (C=O) groups excluding carboxylic acids is 1. The summed E-state index contributed by atoms with van der Waals surface area (Å²) in [6.45, 7) is 2.49. The third-order valence-electron chi connectivity index (χ3n) is 3.04. The second-order valence-corrected chi connectivity index (χ2v) is 5.21. The third kappa shape index (κ3) is 4.62. The number of halogens is 1. The van der Waals surface area contributed by atoms with Gasteiger partial charge in [-0.25, -0.2) is 5.84 Å². The number of amides is 1. The molecule has 0 aliphatic rings. The Kier molecular flexibility index (Phi) is 5.58. The summed E-state index contributed by atoms with van der Waals surface area (Å²) in [5.74, 6) is 5.22. The zero-order chi connectivity index (χ0) is 15.9. The summed E-state index contributed by atoms with van der Waals surface area (Å²) in [5, 5.41) is 0.488. The predicted molar refractivity (Wildman–Crippen MR) is 88.3 cm³/mol. The van der Waals surface area contributed by atoms with Crippen LogP contribution in [-0.4, -0.2) is 5.91 Å². The van der Waals surface area contributed by atoms with Crippen molar-refractivity contribution < 1.29 is 9.53 Å². The summed E-state index contributed by atoms with van der Waals surface area (Å²) in [4.78, 5) is 11.0. The molecule has 2 rings (SSSR count). The molecule has 0 heterocycles. The van der Waals surface area contributed by atoms with Crippen LogP contribution in [0.4, 0.5) is 0 Å². The second-order valence-electron chi connectivity index (χ2n) is 4.81. The van der Waals surface area contributed by atoms with Gasteiger partial charge in [0.25, 0.3) is 5.91 Å². The molecule has 0 aromatic heterocycles. The molecule has 1 amide bonds. The fourth-order valence-corrected chi connectivity index (χ4v) is 2.05. The number of hydrazine groups is 1. The smallest absolute Gasteiger partial charge is 0.257 e. The maximum atomic E-state index is 11.0. The minimum absolute atomic E-state index is 0.379. The van der Waals surface area contributed by atoms with Crippen LogP contribution in [-0.2, 0) is 11.4 Å². The van der Waals surface area contributed by atoms with E-state index < -0.39 is 0 Å². The number of hydrogen-bond donors (Lipinski definition) is 2. The van der Waals surface area contributed by atoms with Crippen LogP contribution in [0, 0.1) is 6.92 Å². The largest absolute Gasteiger partial charge is 0.487 e. The van der Waals surface area contributed by atoms with Crippen molar-refractivity contribution >= 4 is 23.6 Å². The fraction of sp³-hybridized carbons (Fsp3) is 0.118. The Morgan fingerprint density at radius 2 is 2.00 bits per heavy atom. The quantitative estimate of drug-likeness (QED) is 0.385. The van der Waals surface area contributed by atoms with E-state index in [1.165, 1.54) is 11.6 Å². The number of nitrogens with two attached hydrogens (primary N) is 1. The molecule has 0 fully saturated rings. The Labute approximate surface area is 134 Å². The van der Waals surface area contributed by atoms with Gasteiger partial charge in [-0.05, 0) is 36.3 Å². The third-order valence-corrected chi connectivity index (χ3v) is 3.34. The van der Waals surface area contributed by atoms with Crippen LogP contribution in [0.5, 0.6) is 5.75 Å². The first-order valence-electron chi connectivity index (χ1n) is 6.75. The molecular weight excluding hydrogens is 300 g/mol. The van der Waals surface area contributed by atoms with E-state index in [2.05, 4.69) is 0 Å². The summed E-state index contributed by atoms with van der Waals surface area (Å²) in [5.41, 5.74) is 5.09. The number of nitrogens with one attached hydrogen (secondary N) is 1. The van der Waals surface area contributed by atoms with E-state index in [4.69, 9.17) is 22.2 Å². The van der Waals surface area contributed by atoms with Crippen LogP contribution in [0.25, 0.3) is 6.08 Å². The van der Waals surface area contributed by atoms with Crippen LogP contribution >= 0.6 is 11.6 Å². The van der Waals surface area contributed by atoms with E-state index in [1.807, 2.05) is 42.7 Å². The Bertz CT molecular complexity index is 682. The Morgan fingerprint density at radius 3 is 2.64 bits per heavy atom. The number of hydrogen-bond acceptors (Lipinski definition) is 3. The van der Waals surface area contributed by atoms with Crippen molar-refractivity contribution in [3.05, 3.63) is 70.3 Å². The number of benzene rings is 2. The van der Waals surface area contributed by atoms with E-state index in [-0.39, 0.29) is 5.91 Å². The van der Waals surface area contributed by atoms with E-state index in [0.29, 0.717) is 17.4 Å². The van der Waals surface area contributed by atoms with Crippen molar-refractivity contribution in [2.75, 3.05) is 0 Å². The maximum absolute atomic E-state index is 11.0. The van der Waals surface area contributed by atoms with Gasteiger partial charge in [0, 0.05) is 6.08 Å². The minimum Gasteiger partial charge on any atom is -0.487 e. The van der Waals surface area contributed by atoms with Crippen molar-refractivity contribution in [2.45, 2.75) is 13.5 Å². The summed E-state index contributed by atoms with van der Waals surface area (Å²) < 4.78 is 5.71. The highest BCUT2D eigenvalue weighted by Crippen LogP contribution is 2.26.